The predicted molar refractivity (Wildman–Crippen MR) is 107 cm³/mol. The van der Waals surface area contributed by atoms with E-state index in [4.69, 9.17) is 0 Å². The van der Waals surface area contributed by atoms with E-state index in [1.807, 2.05) is 0 Å². The Morgan fingerprint density at radius 1 is 1.21 bits per heavy atom. The van der Waals surface area contributed by atoms with Crippen molar-refractivity contribution in [3.8, 4) is 0 Å². The lowest BCUT2D eigenvalue weighted by Crippen LogP contribution is -2.26. The van der Waals surface area contributed by atoms with Crippen LogP contribution < -0.4 is 16.0 Å². The Balaban J connectivity index is 1.42. The van der Waals surface area contributed by atoms with Crippen molar-refractivity contribution in [2.45, 2.75) is 38.1 Å². The lowest BCUT2D eigenvalue weighted by molar-refractivity contribution is -0.124. The zero-order valence-corrected chi connectivity index (χ0v) is 16.1. The van der Waals surface area contributed by atoms with E-state index in [1.165, 1.54) is 12.8 Å². The van der Waals surface area contributed by atoms with Gasteiger partial charge in [-0.15, -0.1) is 0 Å². The number of nitrogens with one attached hydrogen (secondary N) is 3. The largest absolute Gasteiger partial charge is 0.353 e. The normalized spacial score (nSPS) is 21.3. The second kappa shape index (κ2) is 7.43. The third-order valence-electron chi connectivity index (χ3n) is 5.44. The molecule has 3 fully saturated rings. The average molecular weight is 396 g/mol. The summed E-state index contributed by atoms with van der Waals surface area (Å²) < 4.78 is 1.66. The van der Waals surface area contributed by atoms with Crippen molar-refractivity contribution in [3.05, 3.63) is 17.3 Å². The molecule has 5 rings (SSSR count). The van der Waals surface area contributed by atoms with Gasteiger partial charge >= 0.3 is 0 Å². The SMILES string of the molecule is O=C1C/C(=C\c2cnn3c(NC4CC4)nc(NCCN4CCCC4)nc23)C(=O)N1. The first-order valence-corrected chi connectivity index (χ1v) is 10.2. The molecule has 2 aliphatic heterocycles. The molecule has 1 saturated carbocycles. The molecule has 0 radical (unpaired) electrons. The van der Waals surface area contributed by atoms with E-state index < -0.39 is 0 Å². The summed E-state index contributed by atoms with van der Waals surface area (Å²) in [6.45, 7) is 4.02. The monoisotopic (exact) mass is 396 g/mol. The number of anilines is 2. The van der Waals surface area contributed by atoms with Crippen LogP contribution in [-0.2, 0) is 9.59 Å². The highest BCUT2D eigenvalue weighted by molar-refractivity contribution is 6.15. The molecule has 2 amide bonds. The Morgan fingerprint density at radius 3 is 2.76 bits per heavy atom. The van der Waals surface area contributed by atoms with Crippen molar-refractivity contribution >= 4 is 35.4 Å². The molecule has 1 aliphatic carbocycles. The van der Waals surface area contributed by atoms with Crippen LogP contribution in [0.15, 0.2) is 11.8 Å². The molecular formula is C19H24N8O2. The first kappa shape index (κ1) is 18.0. The molecule has 0 unspecified atom stereocenters. The number of hydrogen-bond donors (Lipinski definition) is 3. The van der Waals surface area contributed by atoms with Gasteiger partial charge in [-0.25, -0.2) is 0 Å². The Bertz CT molecular complexity index is 988. The first-order valence-electron chi connectivity index (χ1n) is 10.2. The average Bonchev–Trinajstić information content (AvgIpc) is 3.07. The van der Waals surface area contributed by atoms with Crippen molar-refractivity contribution in [2.24, 2.45) is 0 Å². The van der Waals surface area contributed by atoms with Crippen molar-refractivity contribution in [1.29, 1.82) is 0 Å². The van der Waals surface area contributed by atoms with E-state index in [9.17, 15) is 9.59 Å². The van der Waals surface area contributed by atoms with Gasteiger partial charge in [0.05, 0.1) is 12.6 Å². The lowest BCUT2D eigenvalue weighted by Gasteiger charge is -2.15. The summed E-state index contributed by atoms with van der Waals surface area (Å²) >= 11 is 0. The highest BCUT2D eigenvalue weighted by Gasteiger charge is 2.26. The number of amides is 2. The Kier molecular flexibility index (Phi) is 4.62. The van der Waals surface area contributed by atoms with Crippen LogP contribution in [0, 0.1) is 0 Å². The van der Waals surface area contributed by atoms with Crippen LogP contribution in [0.3, 0.4) is 0 Å². The van der Waals surface area contributed by atoms with Crippen molar-refractivity contribution in [3.63, 3.8) is 0 Å². The minimum absolute atomic E-state index is 0.0787. The molecule has 4 heterocycles. The van der Waals surface area contributed by atoms with Crippen LogP contribution in [0.5, 0.6) is 0 Å². The van der Waals surface area contributed by atoms with Crippen LogP contribution in [0.2, 0.25) is 0 Å². The number of likely N-dealkylation sites (tertiary alicyclic amines) is 1. The van der Waals surface area contributed by atoms with Crippen LogP contribution in [0.25, 0.3) is 11.7 Å². The Hall–Kier alpha value is -3.01. The molecule has 152 valence electrons. The number of fused-ring (bicyclic) bond motifs is 1. The molecule has 29 heavy (non-hydrogen) atoms. The van der Waals surface area contributed by atoms with E-state index in [2.05, 4.69) is 35.9 Å². The Morgan fingerprint density at radius 2 is 2.03 bits per heavy atom. The number of hydrogen-bond acceptors (Lipinski definition) is 8. The second-order valence-electron chi connectivity index (χ2n) is 7.82. The highest BCUT2D eigenvalue weighted by atomic mass is 16.2. The smallest absolute Gasteiger partial charge is 0.254 e. The maximum atomic E-state index is 11.9. The summed E-state index contributed by atoms with van der Waals surface area (Å²) in [5.41, 5.74) is 1.71. The topological polar surface area (TPSA) is 117 Å². The van der Waals surface area contributed by atoms with Crippen LogP contribution in [0.4, 0.5) is 11.9 Å². The minimum atomic E-state index is -0.358. The molecule has 0 atom stereocenters. The summed E-state index contributed by atoms with van der Waals surface area (Å²) in [5, 5.41) is 13.4. The van der Waals surface area contributed by atoms with Gasteiger partial charge in [0.15, 0.2) is 5.65 Å². The van der Waals surface area contributed by atoms with Gasteiger partial charge < -0.3 is 15.5 Å². The maximum absolute atomic E-state index is 11.9. The summed E-state index contributed by atoms with van der Waals surface area (Å²) in [6, 6.07) is 0.412. The van der Waals surface area contributed by atoms with Crippen molar-refractivity contribution in [1.82, 2.24) is 29.8 Å². The summed E-state index contributed by atoms with van der Waals surface area (Å²) in [7, 11) is 0. The fraction of sp³-hybridized carbons (Fsp3) is 0.526. The van der Waals surface area contributed by atoms with Crippen LogP contribution in [-0.4, -0.2) is 68.5 Å². The molecule has 0 bridgehead atoms. The number of nitrogens with zero attached hydrogens (tertiary/aromatic N) is 5. The molecule has 0 aromatic carbocycles. The van der Waals surface area contributed by atoms with Gasteiger partial charge in [-0.3, -0.25) is 14.9 Å². The molecule has 10 nitrogen and oxygen atoms in total. The van der Waals surface area contributed by atoms with Gasteiger partial charge in [-0.05, 0) is 44.8 Å². The molecule has 10 heteroatoms. The zero-order valence-electron chi connectivity index (χ0n) is 16.1. The number of rotatable bonds is 7. The maximum Gasteiger partial charge on any atom is 0.254 e. The van der Waals surface area contributed by atoms with E-state index in [0.29, 0.717) is 34.7 Å². The second-order valence-corrected chi connectivity index (χ2v) is 7.82. The van der Waals surface area contributed by atoms with E-state index >= 15 is 0 Å². The molecule has 2 aromatic heterocycles. The highest BCUT2D eigenvalue weighted by Crippen LogP contribution is 2.26. The molecule has 2 saturated heterocycles. The summed E-state index contributed by atoms with van der Waals surface area (Å²) in [4.78, 5) is 35.1. The predicted octanol–water partition coefficient (Wildman–Crippen LogP) is 0.636. The Labute approximate surface area is 167 Å². The molecule has 0 spiro atoms. The number of carbonyl (C=O) groups is 2. The third-order valence-corrected chi connectivity index (χ3v) is 5.44. The third kappa shape index (κ3) is 3.93. The number of carbonyl (C=O) groups excluding carboxylic acids is 2. The molecule has 3 aliphatic rings. The minimum Gasteiger partial charge on any atom is -0.353 e. The molecule has 3 N–H and O–H groups in total. The van der Waals surface area contributed by atoms with Crippen molar-refractivity contribution in [2.75, 3.05) is 36.8 Å². The fourth-order valence-corrected chi connectivity index (χ4v) is 3.72. The lowest BCUT2D eigenvalue weighted by atomic mass is 10.1. The van der Waals surface area contributed by atoms with Gasteiger partial charge in [0.1, 0.15) is 0 Å². The zero-order chi connectivity index (χ0) is 19.8. The van der Waals surface area contributed by atoms with Gasteiger partial charge in [-0.1, -0.05) is 0 Å². The van der Waals surface area contributed by atoms with Gasteiger partial charge in [0.25, 0.3) is 5.91 Å². The standard InChI is InChI=1S/C19H24N8O2/c28-15-10-12(17(29)23-15)9-13-11-21-27-16(13)24-18(25-19(27)22-14-3-4-14)20-5-8-26-6-1-2-7-26/h9,11,14H,1-8,10H2,(H,23,28,29)(H2,20,22,24,25)/b12-9+. The molecule has 2 aromatic rings. The summed E-state index contributed by atoms with van der Waals surface area (Å²) in [5.74, 6) is 0.529. The first-order chi connectivity index (χ1) is 14.2. The van der Waals surface area contributed by atoms with Gasteiger partial charge in [0, 0.05) is 30.3 Å². The van der Waals surface area contributed by atoms with E-state index in [0.717, 1.165) is 39.0 Å². The van der Waals surface area contributed by atoms with Crippen molar-refractivity contribution < 1.29 is 9.59 Å². The summed E-state index contributed by atoms with van der Waals surface area (Å²) in [6.07, 6.45) is 8.18. The molecular weight excluding hydrogens is 372 g/mol. The fourth-order valence-electron chi connectivity index (χ4n) is 3.72. The van der Waals surface area contributed by atoms with E-state index in [1.54, 1.807) is 16.8 Å². The van der Waals surface area contributed by atoms with Crippen LogP contribution in [0.1, 0.15) is 37.7 Å². The van der Waals surface area contributed by atoms with E-state index in [-0.39, 0.29) is 18.2 Å². The van der Waals surface area contributed by atoms with Gasteiger partial charge in [-0.2, -0.15) is 19.6 Å². The van der Waals surface area contributed by atoms with Gasteiger partial charge in [0.2, 0.25) is 17.8 Å². The van der Waals surface area contributed by atoms with Crippen LogP contribution >= 0.6 is 0 Å². The quantitative estimate of drug-likeness (QED) is 0.461. The number of imide groups is 1. The number of aromatic nitrogens is 4.